The highest BCUT2D eigenvalue weighted by Crippen LogP contribution is 2.39. The van der Waals surface area contributed by atoms with Gasteiger partial charge in [0.25, 0.3) is 0 Å². The van der Waals surface area contributed by atoms with E-state index in [9.17, 15) is 8.42 Å². The number of nitrogens with one attached hydrogen (secondary N) is 1. The molecule has 6 nitrogen and oxygen atoms in total. The Balaban J connectivity index is 2.05. The largest absolute Gasteiger partial charge is 0.344 e. The van der Waals surface area contributed by atoms with Gasteiger partial charge in [-0.1, -0.05) is 30.3 Å². The summed E-state index contributed by atoms with van der Waals surface area (Å²) in [5, 5.41) is 0. The predicted octanol–water partition coefficient (Wildman–Crippen LogP) is 1.66. The Morgan fingerprint density at radius 2 is 1.90 bits per heavy atom. The molecule has 0 aromatic heterocycles. The lowest BCUT2D eigenvalue weighted by molar-refractivity contribution is -0.147. The van der Waals surface area contributed by atoms with Gasteiger partial charge < -0.3 is 9.47 Å². The van der Waals surface area contributed by atoms with E-state index in [1.54, 1.807) is 0 Å². The van der Waals surface area contributed by atoms with Crippen LogP contribution in [0, 0.1) is 0 Å². The standard InChI is InChI=1S/C13H19NO5S/c1-13(2)18-11(8-9-14-20(15,16)17)12(19-13)10-6-4-3-5-7-10/h3-7,11-12,14H,8-9H2,1-2H3,(H,15,16,17). The molecule has 0 amide bonds. The maximum absolute atomic E-state index is 10.7. The average molecular weight is 301 g/mol. The molecule has 0 bridgehead atoms. The molecule has 2 atom stereocenters. The Morgan fingerprint density at radius 3 is 2.50 bits per heavy atom. The summed E-state index contributed by atoms with van der Waals surface area (Å²) in [5.74, 6) is -0.719. The van der Waals surface area contributed by atoms with Crippen LogP contribution in [0.25, 0.3) is 0 Å². The second-order valence-corrected chi connectivity index (χ2v) is 6.40. The maximum Gasteiger partial charge on any atom is 0.333 e. The van der Waals surface area contributed by atoms with Crippen LogP contribution in [-0.2, 0) is 19.8 Å². The number of benzene rings is 1. The Morgan fingerprint density at radius 1 is 1.25 bits per heavy atom. The van der Waals surface area contributed by atoms with Crippen molar-refractivity contribution in [3.8, 4) is 0 Å². The molecule has 1 aliphatic heterocycles. The summed E-state index contributed by atoms with van der Waals surface area (Å²) in [5.41, 5.74) is 0.981. The van der Waals surface area contributed by atoms with E-state index in [0.717, 1.165) is 5.56 Å². The predicted molar refractivity (Wildman–Crippen MR) is 73.4 cm³/mol. The molecule has 20 heavy (non-hydrogen) atoms. The van der Waals surface area contributed by atoms with Crippen LogP contribution in [0.1, 0.15) is 31.9 Å². The van der Waals surface area contributed by atoms with Crippen molar-refractivity contribution in [2.24, 2.45) is 0 Å². The Bertz CT molecular complexity index is 543. The van der Waals surface area contributed by atoms with Crippen molar-refractivity contribution in [2.45, 2.75) is 38.3 Å². The summed E-state index contributed by atoms with van der Waals surface area (Å²) in [4.78, 5) is 0. The van der Waals surface area contributed by atoms with Crippen molar-refractivity contribution in [3.63, 3.8) is 0 Å². The van der Waals surface area contributed by atoms with Crippen LogP contribution in [0.3, 0.4) is 0 Å². The lowest BCUT2D eigenvalue weighted by atomic mass is 10.0. The normalized spacial score (nSPS) is 25.8. The molecule has 7 heteroatoms. The van der Waals surface area contributed by atoms with Crippen LogP contribution in [0.4, 0.5) is 0 Å². The van der Waals surface area contributed by atoms with Gasteiger partial charge in [-0.2, -0.15) is 13.1 Å². The third-order valence-electron chi connectivity index (χ3n) is 3.03. The summed E-state index contributed by atoms with van der Waals surface area (Å²) in [6.45, 7) is 3.73. The van der Waals surface area contributed by atoms with Gasteiger partial charge in [0.1, 0.15) is 6.10 Å². The number of hydrogen-bond acceptors (Lipinski definition) is 4. The van der Waals surface area contributed by atoms with Crippen LogP contribution in [0.5, 0.6) is 0 Å². The third-order valence-corrected chi connectivity index (χ3v) is 3.59. The second-order valence-electron chi connectivity index (χ2n) is 5.16. The molecule has 1 aliphatic rings. The smallest absolute Gasteiger partial charge is 0.333 e. The lowest BCUT2D eigenvalue weighted by Gasteiger charge is -2.17. The fraction of sp³-hybridized carbons (Fsp3) is 0.538. The minimum absolute atomic E-state index is 0.0896. The Hall–Kier alpha value is -0.990. The van der Waals surface area contributed by atoms with E-state index >= 15 is 0 Å². The summed E-state index contributed by atoms with van der Waals surface area (Å²) in [7, 11) is -4.17. The average Bonchev–Trinajstić information content (AvgIpc) is 2.64. The van der Waals surface area contributed by atoms with Crippen LogP contribution in [0.2, 0.25) is 0 Å². The molecule has 2 rings (SSSR count). The maximum atomic E-state index is 10.7. The molecule has 0 aliphatic carbocycles. The molecule has 1 saturated heterocycles. The summed E-state index contributed by atoms with van der Waals surface area (Å²) in [6.07, 6.45) is -0.126. The molecular weight excluding hydrogens is 282 g/mol. The van der Waals surface area contributed by atoms with Gasteiger partial charge in [0.2, 0.25) is 0 Å². The zero-order valence-electron chi connectivity index (χ0n) is 11.4. The van der Waals surface area contributed by atoms with Gasteiger partial charge in [0.05, 0.1) is 6.10 Å². The molecule has 1 aromatic carbocycles. The summed E-state index contributed by atoms with van der Waals surface area (Å²) >= 11 is 0. The molecule has 0 spiro atoms. The van der Waals surface area contributed by atoms with Crippen LogP contribution < -0.4 is 4.72 Å². The molecule has 2 unspecified atom stereocenters. The molecule has 112 valence electrons. The molecule has 0 saturated carbocycles. The van der Waals surface area contributed by atoms with Crippen molar-refractivity contribution < 1.29 is 22.4 Å². The number of ether oxygens (including phenoxy) is 2. The Kier molecular flexibility index (Phi) is 4.46. The quantitative estimate of drug-likeness (QED) is 0.808. The van der Waals surface area contributed by atoms with Gasteiger partial charge in [-0.25, -0.2) is 0 Å². The van der Waals surface area contributed by atoms with Crippen molar-refractivity contribution in [3.05, 3.63) is 35.9 Å². The zero-order chi connectivity index (χ0) is 14.8. The summed E-state index contributed by atoms with van der Waals surface area (Å²) < 4.78 is 43.7. The number of rotatable bonds is 5. The van der Waals surface area contributed by atoms with Crippen molar-refractivity contribution in [2.75, 3.05) is 6.54 Å². The van der Waals surface area contributed by atoms with Crippen molar-refractivity contribution in [1.29, 1.82) is 0 Å². The fourth-order valence-corrected chi connectivity index (χ4v) is 2.68. The number of hydrogen-bond donors (Lipinski definition) is 2. The zero-order valence-corrected chi connectivity index (χ0v) is 12.3. The highest BCUT2D eigenvalue weighted by atomic mass is 32.2. The third kappa shape index (κ3) is 4.26. The first-order valence-electron chi connectivity index (χ1n) is 6.39. The highest BCUT2D eigenvalue weighted by Gasteiger charge is 2.41. The first-order valence-corrected chi connectivity index (χ1v) is 7.83. The van der Waals surface area contributed by atoms with E-state index in [4.69, 9.17) is 14.0 Å². The lowest BCUT2D eigenvalue weighted by Crippen LogP contribution is -2.28. The topological polar surface area (TPSA) is 84.9 Å². The van der Waals surface area contributed by atoms with Gasteiger partial charge in [-0.3, -0.25) is 4.55 Å². The van der Waals surface area contributed by atoms with Crippen LogP contribution >= 0.6 is 0 Å². The monoisotopic (exact) mass is 301 g/mol. The minimum atomic E-state index is -4.17. The minimum Gasteiger partial charge on any atom is -0.344 e. The molecule has 2 N–H and O–H groups in total. The molecular formula is C13H19NO5S. The molecule has 1 fully saturated rings. The van der Waals surface area contributed by atoms with Gasteiger partial charge in [-0.15, -0.1) is 0 Å². The molecule has 0 radical (unpaired) electrons. The van der Waals surface area contributed by atoms with Gasteiger partial charge in [-0.05, 0) is 25.8 Å². The Labute approximate surface area is 119 Å². The molecule has 1 heterocycles. The van der Waals surface area contributed by atoms with Gasteiger partial charge >= 0.3 is 10.3 Å². The van der Waals surface area contributed by atoms with E-state index in [0.29, 0.717) is 6.42 Å². The van der Waals surface area contributed by atoms with Crippen LogP contribution in [-0.4, -0.2) is 31.4 Å². The van der Waals surface area contributed by atoms with E-state index in [2.05, 4.69) is 0 Å². The SMILES string of the molecule is CC1(C)OC(CCNS(=O)(=O)O)C(c2ccccc2)O1. The van der Waals surface area contributed by atoms with Gasteiger partial charge in [0.15, 0.2) is 5.79 Å². The van der Waals surface area contributed by atoms with E-state index in [-0.39, 0.29) is 18.8 Å². The summed E-state index contributed by atoms with van der Waals surface area (Å²) in [6, 6.07) is 9.63. The molecule has 1 aromatic rings. The van der Waals surface area contributed by atoms with E-state index in [1.165, 1.54) is 0 Å². The fourth-order valence-electron chi connectivity index (χ4n) is 2.30. The first-order chi connectivity index (χ1) is 9.27. The second kappa shape index (κ2) is 5.79. The van der Waals surface area contributed by atoms with Crippen molar-refractivity contribution in [1.82, 2.24) is 4.72 Å². The first kappa shape index (κ1) is 15.4. The van der Waals surface area contributed by atoms with Crippen molar-refractivity contribution >= 4 is 10.3 Å². The van der Waals surface area contributed by atoms with E-state index in [1.807, 2.05) is 48.9 Å². The highest BCUT2D eigenvalue weighted by molar-refractivity contribution is 7.83. The van der Waals surface area contributed by atoms with E-state index < -0.39 is 16.1 Å². The van der Waals surface area contributed by atoms with Gasteiger partial charge in [0, 0.05) is 6.54 Å². The van der Waals surface area contributed by atoms with Crippen LogP contribution in [0.15, 0.2) is 30.3 Å².